The molecule has 0 bridgehead atoms. The second kappa shape index (κ2) is 8.34. The lowest BCUT2D eigenvalue weighted by molar-refractivity contribution is -0.189. The van der Waals surface area contributed by atoms with Gasteiger partial charge in [-0.15, -0.1) is 10.2 Å². The van der Waals surface area contributed by atoms with Crippen molar-refractivity contribution in [2.24, 2.45) is 5.92 Å². The van der Waals surface area contributed by atoms with E-state index in [-0.39, 0.29) is 29.2 Å². The zero-order valence-electron chi connectivity index (χ0n) is 18.0. The summed E-state index contributed by atoms with van der Waals surface area (Å²) in [6, 6.07) is 1.27. The van der Waals surface area contributed by atoms with Crippen molar-refractivity contribution in [3.05, 3.63) is 35.3 Å². The lowest BCUT2D eigenvalue weighted by Gasteiger charge is -2.35. The summed E-state index contributed by atoms with van der Waals surface area (Å²) in [6.45, 7) is 5.46. The minimum atomic E-state index is -4.52. The standard InChI is InChI=1S/C21H25F3N4O4/c1-11(21(22,23)24)31-17-6-16(25-8-15(17)14-4-5-14)18(29)26-20(3,7-13-9-30-10-13)19-28-27-12(2)32-19/h6,8,11,13-14H,4-5,7,9-10H2,1-3H3,(H,26,29)/t11-,20?/m0/s1. The Bertz CT molecular complexity index is 988. The Hall–Kier alpha value is -2.69. The topological polar surface area (TPSA) is 99.4 Å². The van der Waals surface area contributed by atoms with Gasteiger partial charge in [0.2, 0.25) is 11.8 Å². The Morgan fingerprint density at radius 3 is 2.56 bits per heavy atom. The molecule has 1 saturated heterocycles. The molecule has 1 aliphatic heterocycles. The maximum absolute atomic E-state index is 13.1. The number of ether oxygens (including phenoxy) is 2. The first-order chi connectivity index (χ1) is 15.0. The predicted molar refractivity (Wildman–Crippen MR) is 105 cm³/mol. The van der Waals surface area contributed by atoms with Gasteiger partial charge in [0.05, 0.1) is 13.2 Å². The molecule has 8 nitrogen and oxygen atoms in total. The van der Waals surface area contributed by atoms with E-state index in [0.29, 0.717) is 31.1 Å². The number of amides is 1. The van der Waals surface area contributed by atoms with Crippen molar-refractivity contribution in [2.45, 2.75) is 63.8 Å². The fourth-order valence-electron chi connectivity index (χ4n) is 3.64. The third-order valence-corrected chi connectivity index (χ3v) is 5.70. The van der Waals surface area contributed by atoms with Gasteiger partial charge in [-0.05, 0) is 39.0 Å². The monoisotopic (exact) mass is 454 g/mol. The molecular weight excluding hydrogens is 429 g/mol. The first-order valence-electron chi connectivity index (χ1n) is 10.5. The van der Waals surface area contributed by atoms with Crippen LogP contribution in [0, 0.1) is 12.8 Å². The van der Waals surface area contributed by atoms with Crippen molar-refractivity contribution in [1.29, 1.82) is 0 Å². The van der Waals surface area contributed by atoms with E-state index in [4.69, 9.17) is 13.9 Å². The number of hydrogen-bond acceptors (Lipinski definition) is 7. The van der Waals surface area contributed by atoms with Crippen LogP contribution in [0.15, 0.2) is 16.7 Å². The van der Waals surface area contributed by atoms with Gasteiger partial charge >= 0.3 is 6.18 Å². The van der Waals surface area contributed by atoms with Crippen molar-refractivity contribution < 1.29 is 31.9 Å². The Morgan fingerprint density at radius 1 is 1.31 bits per heavy atom. The van der Waals surface area contributed by atoms with Crippen LogP contribution in [0.1, 0.15) is 66.9 Å². The predicted octanol–water partition coefficient (Wildman–Crippen LogP) is 3.66. The van der Waals surface area contributed by atoms with Crippen molar-refractivity contribution >= 4 is 5.91 Å². The van der Waals surface area contributed by atoms with Gasteiger partial charge < -0.3 is 19.2 Å². The lowest BCUT2D eigenvalue weighted by atomic mass is 9.87. The molecule has 11 heteroatoms. The highest BCUT2D eigenvalue weighted by Gasteiger charge is 2.41. The van der Waals surface area contributed by atoms with E-state index in [9.17, 15) is 18.0 Å². The number of aryl methyl sites for hydroxylation is 1. The van der Waals surface area contributed by atoms with Crippen molar-refractivity contribution in [3.63, 3.8) is 0 Å². The highest BCUT2D eigenvalue weighted by atomic mass is 19.4. The van der Waals surface area contributed by atoms with Gasteiger partial charge in [-0.25, -0.2) is 0 Å². The van der Waals surface area contributed by atoms with Gasteiger partial charge in [0, 0.05) is 30.7 Å². The van der Waals surface area contributed by atoms with Crippen LogP contribution in [-0.4, -0.2) is 46.6 Å². The van der Waals surface area contributed by atoms with Gasteiger partial charge in [-0.3, -0.25) is 9.78 Å². The molecule has 0 aromatic carbocycles. The quantitative estimate of drug-likeness (QED) is 0.650. The number of hydrogen-bond donors (Lipinski definition) is 1. The van der Waals surface area contributed by atoms with E-state index in [1.165, 1.54) is 12.3 Å². The number of aromatic nitrogens is 3. The molecule has 1 N–H and O–H groups in total. The Labute approximate surface area is 182 Å². The fraction of sp³-hybridized carbons (Fsp3) is 0.619. The number of rotatable bonds is 8. The van der Waals surface area contributed by atoms with Crippen LogP contribution in [0.5, 0.6) is 5.75 Å². The third kappa shape index (κ3) is 4.87. The second-order valence-electron chi connectivity index (χ2n) is 8.70. The van der Waals surface area contributed by atoms with Gasteiger partial charge in [-0.1, -0.05) is 0 Å². The number of carbonyl (C=O) groups excluding carboxylic acids is 1. The minimum Gasteiger partial charge on any atom is -0.481 e. The Kier molecular flexibility index (Phi) is 5.87. The van der Waals surface area contributed by atoms with Crippen molar-refractivity contribution in [3.8, 4) is 5.75 Å². The Balaban J connectivity index is 1.58. The first kappa shape index (κ1) is 22.5. The molecule has 2 aromatic heterocycles. The fourth-order valence-corrected chi connectivity index (χ4v) is 3.64. The summed E-state index contributed by atoms with van der Waals surface area (Å²) in [5.41, 5.74) is -0.463. The number of pyridine rings is 1. The molecule has 32 heavy (non-hydrogen) atoms. The van der Waals surface area contributed by atoms with E-state index in [0.717, 1.165) is 19.8 Å². The molecule has 1 unspecified atom stereocenters. The number of carbonyl (C=O) groups is 1. The van der Waals surface area contributed by atoms with Crippen molar-refractivity contribution in [1.82, 2.24) is 20.5 Å². The number of nitrogens with zero attached hydrogens (tertiary/aromatic N) is 3. The summed E-state index contributed by atoms with van der Waals surface area (Å²) in [6.07, 6.45) is -2.91. The molecule has 174 valence electrons. The van der Waals surface area contributed by atoms with Crippen LogP contribution < -0.4 is 10.1 Å². The molecule has 4 rings (SSSR count). The Morgan fingerprint density at radius 2 is 2.03 bits per heavy atom. The molecular formula is C21H25F3N4O4. The summed E-state index contributed by atoms with van der Waals surface area (Å²) < 4.78 is 55.2. The van der Waals surface area contributed by atoms with Gasteiger partial charge in [-0.2, -0.15) is 13.2 Å². The largest absolute Gasteiger partial charge is 0.481 e. The first-order valence-corrected chi connectivity index (χ1v) is 10.5. The molecule has 2 aromatic rings. The molecule has 1 saturated carbocycles. The van der Waals surface area contributed by atoms with E-state index >= 15 is 0 Å². The van der Waals surface area contributed by atoms with E-state index in [1.807, 2.05) is 0 Å². The average Bonchev–Trinajstić information content (AvgIpc) is 3.43. The maximum atomic E-state index is 13.1. The number of halogens is 3. The SMILES string of the molecule is Cc1nnc(C(C)(CC2COC2)NC(=O)c2cc(O[C@@H](C)C(F)(F)F)c(C3CC3)cn2)o1. The summed E-state index contributed by atoms with van der Waals surface area (Å²) in [5.74, 6) is 0.348. The van der Waals surface area contributed by atoms with E-state index < -0.39 is 23.7 Å². The van der Waals surface area contributed by atoms with E-state index in [1.54, 1.807) is 13.8 Å². The van der Waals surface area contributed by atoms with E-state index in [2.05, 4.69) is 20.5 Å². The smallest absolute Gasteiger partial charge is 0.425 e. The molecule has 1 amide bonds. The summed E-state index contributed by atoms with van der Waals surface area (Å²) >= 11 is 0. The highest BCUT2D eigenvalue weighted by molar-refractivity contribution is 5.93. The van der Waals surface area contributed by atoms with Crippen molar-refractivity contribution in [2.75, 3.05) is 13.2 Å². The summed E-state index contributed by atoms with van der Waals surface area (Å²) in [4.78, 5) is 17.3. The van der Waals surface area contributed by atoms with Gasteiger partial charge in [0.25, 0.3) is 5.91 Å². The number of nitrogens with one attached hydrogen (secondary N) is 1. The molecule has 2 atom stereocenters. The summed E-state index contributed by atoms with van der Waals surface area (Å²) in [5, 5.41) is 10.8. The molecule has 2 aliphatic rings. The van der Waals surface area contributed by atoms with Crippen LogP contribution in [0.4, 0.5) is 13.2 Å². The highest BCUT2D eigenvalue weighted by Crippen LogP contribution is 2.45. The molecule has 1 aliphatic carbocycles. The maximum Gasteiger partial charge on any atom is 0.425 e. The second-order valence-corrected chi connectivity index (χ2v) is 8.70. The third-order valence-electron chi connectivity index (χ3n) is 5.70. The molecule has 0 radical (unpaired) electrons. The molecule has 2 fully saturated rings. The summed E-state index contributed by atoms with van der Waals surface area (Å²) in [7, 11) is 0. The number of alkyl halides is 3. The van der Waals surface area contributed by atoms with Crippen LogP contribution >= 0.6 is 0 Å². The van der Waals surface area contributed by atoms with Gasteiger partial charge in [0.15, 0.2) is 6.10 Å². The zero-order valence-corrected chi connectivity index (χ0v) is 18.0. The molecule has 3 heterocycles. The van der Waals surface area contributed by atoms with Crippen LogP contribution in [0.25, 0.3) is 0 Å². The van der Waals surface area contributed by atoms with Crippen LogP contribution in [-0.2, 0) is 10.3 Å². The minimum absolute atomic E-state index is 0.0280. The zero-order chi connectivity index (χ0) is 23.1. The van der Waals surface area contributed by atoms with Gasteiger partial charge in [0.1, 0.15) is 17.0 Å². The normalized spacial score (nSPS) is 19.7. The lowest BCUT2D eigenvalue weighted by Crippen LogP contribution is -2.48. The van der Waals surface area contributed by atoms with Crippen LogP contribution in [0.2, 0.25) is 0 Å². The average molecular weight is 454 g/mol. The van der Waals surface area contributed by atoms with Crippen LogP contribution in [0.3, 0.4) is 0 Å². The molecule has 0 spiro atoms.